The molecule has 0 spiro atoms. The number of benzene rings is 1. The maximum absolute atomic E-state index is 13.2. The molecule has 3 heteroatoms. The highest BCUT2D eigenvalue weighted by Gasteiger charge is 2.27. The fraction of sp³-hybridized carbons (Fsp3) is 0.400. The van der Waals surface area contributed by atoms with Gasteiger partial charge < -0.3 is 10.8 Å². The van der Waals surface area contributed by atoms with E-state index in [0.29, 0.717) is 6.42 Å². The normalized spacial score (nSPS) is 15.4. The van der Waals surface area contributed by atoms with Gasteiger partial charge in [0.2, 0.25) is 0 Å². The van der Waals surface area contributed by atoms with Crippen molar-refractivity contribution in [3.8, 4) is 0 Å². The van der Waals surface area contributed by atoms with Crippen LogP contribution in [0, 0.1) is 5.82 Å². The van der Waals surface area contributed by atoms with Gasteiger partial charge in [0.05, 0.1) is 0 Å². The van der Waals surface area contributed by atoms with Gasteiger partial charge in [0.15, 0.2) is 0 Å². The minimum absolute atomic E-state index is 0.0322. The monoisotopic (exact) mass is 183 g/mol. The van der Waals surface area contributed by atoms with E-state index in [4.69, 9.17) is 5.73 Å². The van der Waals surface area contributed by atoms with Crippen LogP contribution < -0.4 is 5.73 Å². The highest BCUT2D eigenvalue weighted by molar-refractivity contribution is 5.24. The first-order chi connectivity index (χ1) is 6.14. The second kappa shape index (κ2) is 3.85. The van der Waals surface area contributed by atoms with E-state index in [1.807, 2.05) is 0 Å². The first-order valence-electron chi connectivity index (χ1n) is 4.31. The van der Waals surface area contributed by atoms with E-state index in [1.54, 1.807) is 25.1 Å². The molecule has 3 N–H and O–H groups in total. The van der Waals surface area contributed by atoms with Crippen molar-refractivity contribution >= 4 is 0 Å². The molecule has 0 bridgehead atoms. The van der Waals surface area contributed by atoms with Crippen LogP contribution in [0.5, 0.6) is 0 Å². The van der Waals surface area contributed by atoms with Gasteiger partial charge in [0.25, 0.3) is 0 Å². The zero-order valence-electron chi connectivity index (χ0n) is 7.63. The predicted octanol–water partition coefficient (Wildman–Crippen LogP) is 1.38. The van der Waals surface area contributed by atoms with Crippen molar-refractivity contribution in [2.24, 2.45) is 5.73 Å². The van der Waals surface area contributed by atoms with Crippen LogP contribution in [-0.4, -0.2) is 11.7 Å². The lowest BCUT2D eigenvalue weighted by Crippen LogP contribution is -2.35. The molecule has 0 radical (unpaired) electrons. The number of hydrogen-bond donors (Lipinski definition) is 2. The molecule has 0 amide bonds. The first-order valence-corrected chi connectivity index (χ1v) is 4.31. The Balaban J connectivity index is 3.12. The van der Waals surface area contributed by atoms with E-state index in [2.05, 4.69) is 0 Å². The van der Waals surface area contributed by atoms with Crippen LogP contribution >= 0.6 is 0 Å². The molecule has 1 aromatic carbocycles. The lowest BCUT2D eigenvalue weighted by atomic mass is 9.91. The Labute approximate surface area is 77.2 Å². The van der Waals surface area contributed by atoms with Crippen molar-refractivity contribution in [2.75, 3.05) is 6.54 Å². The van der Waals surface area contributed by atoms with Gasteiger partial charge in [0.1, 0.15) is 11.4 Å². The lowest BCUT2D eigenvalue weighted by Gasteiger charge is -2.25. The summed E-state index contributed by atoms with van der Waals surface area (Å²) in [6.45, 7) is 1.81. The number of nitrogens with two attached hydrogens (primary N) is 1. The molecule has 0 heterocycles. The fourth-order valence-corrected chi connectivity index (χ4v) is 1.28. The molecule has 72 valence electrons. The highest BCUT2D eigenvalue weighted by Crippen LogP contribution is 2.25. The van der Waals surface area contributed by atoms with E-state index in [-0.39, 0.29) is 12.1 Å². The van der Waals surface area contributed by atoms with Gasteiger partial charge in [-0.05, 0) is 12.5 Å². The van der Waals surface area contributed by atoms with Crippen LogP contribution in [-0.2, 0) is 5.60 Å². The van der Waals surface area contributed by atoms with Crippen LogP contribution in [0.3, 0.4) is 0 Å². The van der Waals surface area contributed by atoms with Crippen molar-refractivity contribution in [3.05, 3.63) is 35.6 Å². The molecule has 0 aliphatic rings. The van der Waals surface area contributed by atoms with Crippen molar-refractivity contribution < 1.29 is 9.50 Å². The molecule has 0 aromatic heterocycles. The van der Waals surface area contributed by atoms with Crippen molar-refractivity contribution in [3.63, 3.8) is 0 Å². The topological polar surface area (TPSA) is 46.2 Å². The summed E-state index contributed by atoms with van der Waals surface area (Å²) in [5.41, 5.74) is 4.45. The Hall–Kier alpha value is -0.930. The molecule has 1 atom stereocenters. The van der Waals surface area contributed by atoms with Crippen LogP contribution in [0.25, 0.3) is 0 Å². The van der Waals surface area contributed by atoms with Crippen molar-refractivity contribution in [1.82, 2.24) is 0 Å². The molecular formula is C10H14FNO. The van der Waals surface area contributed by atoms with Gasteiger partial charge in [-0.3, -0.25) is 0 Å². The zero-order valence-corrected chi connectivity index (χ0v) is 7.63. The minimum Gasteiger partial charge on any atom is -0.384 e. The quantitative estimate of drug-likeness (QED) is 0.743. The largest absolute Gasteiger partial charge is 0.384 e. The second-order valence-electron chi connectivity index (χ2n) is 3.07. The van der Waals surface area contributed by atoms with Gasteiger partial charge in [0, 0.05) is 12.1 Å². The average molecular weight is 183 g/mol. The highest BCUT2D eigenvalue weighted by atomic mass is 19.1. The Morgan fingerprint density at radius 1 is 1.46 bits per heavy atom. The average Bonchev–Trinajstić information content (AvgIpc) is 2.17. The fourth-order valence-electron chi connectivity index (χ4n) is 1.28. The lowest BCUT2D eigenvalue weighted by molar-refractivity contribution is 0.0382. The van der Waals surface area contributed by atoms with Gasteiger partial charge in [-0.2, -0.15) is 0 Å². The summed E-state index contributed by atoms with van der Waals surface area (Å²) in [5, 5.41) is 9.92. The summed E-state index contributed by atoms with van der Waals surface area (Å²) < 4.78 is 13.2. The number of rotatable bonds is 3. The number of halogens is 1. The van der Waals surface area contributed by atoms with Crippen molar-refractivity contribution in [2.45, 2.75) is 18.9 Å². The summed E-state index contributed by atoms with van der Waals surface area (Å²) in [6.07, 6.45) is 0.407. The Morgan fingerprint density at radius 3 is 2.54 bits per heavy atom. The van der Waals surface area contributed by atoms with E-state index in [0.717, 1.165) is 0 Å². The van der Waals surface area contributed by atoms with Gasteiger partial charge in [-0.25, -0.2) is 4.39 Å². The Kier molecular flexibility index (Phi) is 3.01. The molecule has 1 unspecified atom stereocenters. The molecular weight excluding hydrogens is 169 g/mol. The molecule has 0 fully saturated rings. The third kappa shape index (κ3) is 1.87. The number of hydrogen-bond acceptors (Lipinski definition) is 2. The molecule has 2 nitrogen and oxygen atoms in total. The zero-order chi connectivity index (χ0) is 9.90. The summed E-state index contributed by atoms with van der Waals surface area (Å²) in [7, 11) is 0. The Morgan fingerprint density at radius 2 is 2.08 bits per heavy atom. The van der Waals surface area contributed by atoms with Gasteiger partial charge in [-0.1, -0.05) is 25.1 Å². The van der Waals surface area contributed by atoms with Crippen LogP contribution in [0.1, 0.15) is 18.9 Å². The van der Waals surface area contributed by atoms with E-state index >= 15 is 0 Å². The molecule has 13 heavy (non-hydrogen) atoms. The predicted molar refractivity (Wildman–Crippen MR) is 49.6 cm³/mol. The molecule has 0 saturated carbocycles. The van der Waals surface area contributed by atoms with Crippen LogP contribution in [0.15, 0.2) is 24.3 Å². The summed E-state index contributed by atoms with van der Waals surface area (Å²) in [4.78, 5) is 0. The standard InChI is InChI=1S/C10H14FNO/c1-2-10(13,7-12)8-5-3-4-6-9(8)11/h3-6,13H,2,7,12H2,1H3. The third-order valence-corrected chi connectivity index (χ3v) is 2.30. The van der Waals surface area contributed by atoms with E-state index in [1.165, 1.54) is 6.07 Å². The summed E-state index contributed by atoms with van der Waals surface area (Å²) in [6, 6.07) is 6.16. The molecule has 0 aliphatic heterocycles. The van der Waals surface area contributed by atoms with Crippen molar-refractivity contribution in [1.29, 1.82) is 0 Å². The van der Waals surface area contributed by atoms with Gasteiger partial charge in [-0.15, -0.1) is 0 Å². The maximum atomic E-state index is 13.2. The van der Waals surface area contributed by atoms with E-state index < -0.39 is 11.4 Å². The smallest absolute Gasteiger partial charge is 0.129 e. The molecule has 1 rings (SSSR count). The summed E-state index contributed by atoms with van der Waals surface area (Å²) >= 11 is 0. The summed E-state index contributed by atoms with van der Waals surface area (Å²) in [5.74, 6) is -0.405. The molecule has 1 aromatic rings. The Bertz CT molecular complexity index is 284. The van der Waals surface area contributed by atoms with Crippen LogP contribution in [0.4, 0.5) is 4.39 Å². The third-order valence-electron chi connectivity index (χ3n) is 2.30. The molecule has 0 aliphatic carbocycles. The number of aliphatic hydroxyl groups is 1. The first kappa shape index (κ1) is 10.2. The SMILES string of the molecule is CCC(O)(CN)c1ccccc1F. The minimum atomic E-state index is -1.23. The molecule has 0 saturated heterocycles. The maximum Gasteiger partial charge on any atom is 0.129 e. The van der Waals surface area contributed by atoms with E-state index in [9.17, 15) is 9.50 Å². The van der Waals surface area contributed by atoms with Gasteiger partial charge >= 0.3 is 0 Å². The van der Waals surface area contributed by atoms with Crippen LogP contribution in [0.2, 0.25) is 0 Å². The second-order valence-corrected chi connectivity index (χ2v) is 3.07.